The van der Waals surface area contributed by atoms with Crippen molar-refractivity contribution in [3.8, 4) is 0 Å². The molecule has 0 radical (unpaired) electrons. The first kappa shape index (κ1) is 26.7. The van der Waals surface area contributed by atoms with Gasteiger partial charge in [-0.15, -0.1) is 0 Å². The Morgan fingerprint density at radius 2 is 1.35 bits per heavy atom. The van der Waals surface area contributed by atoms with Crippen LogP contribution in [0.4, 0.5) is 5.82 Å². The maximum atomic E-state index is 12.0. The van der Waals surface area contributed by atoms with Crippen molar-refractivity contribution in [2.75, 3.05) is 0 Å². The summed E-state index contributed by atoms with van der Waals surface area (Å²) in [6.45, 7) is 2.25. The van der Waals surface area contributed by atoms with Crippen LogP contribution in [-0.4, -0.2) is 21.7 Å². The monoisotopic (exact) mass is 433 g/mol. The molecule has 0 saturated carbocycles. The molecule has 0 aromatic carbocycles. The quantitative estimate of drug-likeness (QED) is 0.161. The van der Waals surface area contributed by atoms with Gasteiger partial charge in [-0.25, -0.2) is 0 Å². The van der Waals surface area contributed by atoms with Crippen LogP contribution in [0, 0.1) is 10.1 Å². The first-order valence-electron chi connectivity index (χ1n) is 12.0. The Balaban J connectivity index is 1.96. The SMILES string of the molecule is CCCCCCCCCCCCCCCCCC(=O)NC(=O)c1ccnc([N+](=O)[O-])c1. The van der Waals surface area contributed by atoms with E-state index in [1.165, 1.54) is 89.3 Å². The molecule has 1 heterocycles. The molecule has 1 N–H and O–H groups in total. The number of hydrogen-bond donors (Lipinski definition) is 1. The van der Waals surface area contributed by atoms with E-state index in [9.17, 15) is 19.7 Å². The first-order valence-corrected chi connectivity index (χ1v) is 12.0. The fourth-order valence-electron chi connectivity index (χ4n) is 3.58. The summed E-state index contributed by atoms with van der Waals surface area (Å²) in [7, 11) is 0. The van der Waals surface area contributed by atoms with Crippen molar-refractivity contribution in [2.45, 2.75) is 110 Å². The largest absolute Gasteiger partial charge is 0.364 e. The van der Waals surface area contributed by atoms with Gasteiger partial charge in [-0.3, -0.25) is 14.9 Å². The third-order valence-electron chi connectivity index (χ3n) is 5.46. The van der Waals surface area contributed by atoms with Crippen molar-refractivity contribution in [3.05, 3.63) is 34.0 Å². The zero-order chi connectivity index (χ0) is 22.7. The molecule has 1 rings (SSSR count). The molecule has 7 nitrogen and oxygen atoms in total. The molecule has 0 unspecified atom stereocenters. The Morgan fingerprint density at radius 1 is 0.871 bits per heavy atom. The number of aromatic nitrogens is 1. The molecule has 0 fully saturated rings. The Hall–Kier alpha value is -2.31. The lowest BCUT2D eigenvalue weighted by Crippen LogP contribution is -2.30. The van der Waals surface area contributed by atoms with Crippen molar-refractivity contribution in [3.63, 3.8) is 0 Å². The predicted octanol–water partition coefficient (Wildman–Crippen LogP) is 6.51. The molecule has 1 aromatic rings. The lowest BCUT2D eigenvalue weighted by molar-refractivity contribution is -0.389. The number of nitro groups is 1. The van der Waals surface area contributed by atoms with Gasteiger partial charge >= 0.3 is 5.82 Å². The van der Waals surface area contributed by atoms with Crippen LogP contribution in [0.1, 0.15) is 120 Å². The lowest BCUT2D eigenvalue weighted by Gasteiger charge is -2.05. The standard InChI is InChI=1S/C24H39N3O4/c1-2-3-4-5-6-7-8-9-10-11-12-13-14-15-16-17-23(28)26-24(29)21-18-19-25-22(20-21)27(30)31/h18-20H,2-17H2,1H3,(H,26,28,29). The van der Waals surface area contributed by atoms with Crippen LogP contribution in [0.2, 0.25) is 0 Å². The van der Waals surface area contributed by atoms with Crippen LogP contribution < -0.4 is 5.32 Å². The second-order valence-electron chi connectivity index (χ2n) is 8.24. The third kappa shape index (κ3) is 13.6. The number of hydrogen-bond acceptors (Lipinski definition) is 5. The number of amides is 2. The number of nitrogens with one attached hydrogen (secondary N) is 1. The maximum Gasteiger partial charge on any atom is 0.364 e. The summed E-state index contributed by atoms with van der Waals surface area (Å²) in [6.07, 6.45) is 20.3. The van der Waals surface area contributed by atoms with Crippen molar-refractivity contribution < 1.29 is 14.5 Å². The normalized spacial score (nSPS) is 10.7. The molecule has 0 aliphatic rings. The van der Waals surface area contributed by atoms with Gasteiger partial charge in [-0.05, 0) is 22.4 Å². The number of pyridine rings is 1. The lowest BCUT2D eigenvalue weighted by atomic mass is 10.0. The van der Waals surface area contributed by atoms with E-state index in [4.69, 9.17) is 0 Å². The van der Waals surface area contributed by atoms with E-state index in [2.05, 4.69) is 17.2 Å². The molecule has 7 heteroatoms. The van der Waals surface area contributed by atoms with Crippen molar-refractivity contribution in [1.82, 2.24) is 10.3 Å². The van der Waals surface area contributed by atoms with Crippen LogP contribution in [0.5, 0.6) is 0 Å². The summed E-state index contributed by atoms with van der Waals surface area (Å²) in [5, 5.41) is 13.0. The molecule has 31 heavy (non-hydrogen) atoms. The summed E-state index contributed by atoms with van der Waals surface area (Å²) in [6, 6.07) is 2.42. The Labute approximate surface area is 186 Å². The van der Waals surface area contributed by atoms with E-state index in [1.54, 1.807) is 0 Å². The van der Waals surface area contributed by atoms with Crippen molar-refractivity contribution in [2.24, 2.45) is 0 Å². The van der Waals surface area contributed by atoms with E-state index in [1.807, 2.05) is 0 Å². The number of imide groups is 1. The number of unbranched alkanes of at least 4 members (excludes halogenated alkanes) is 14. The number of rotatable bonds is 18. The van der Waals surface area contributed by atoms with Crippen molar-refractivity contribution in [1.29, 1.82) is 0 Å². The van der Waals surface area contributed by atoms with E-state index in [0.717, 1.165) is 25.3 Å². The Morgan fingerprint density at radius 3 is 1.84 bits per heavy atom. The number of nitrogens with zero attached hydrogens (tertiary/aromatic N) is 2. The molecule has 2 amide bonds. The second kappa shape index (κ2) is 17.4. The van der Waals surface area contributed by atoms with E-state index in [-0.39, 0.29) is 17.9 Å². The molecule has 0 spiro atoms. The fraction of sp³-hybridized carbons (Fsp3) is 0.708. The topological polar surface area (TPSA) is 102 Å². The van der Waals surface area contributed by atoms with Gasteiger partial charge in [0.05, 0.1) is 5.56 Å². The highest BCUT2D eigenvalue weighted by molar-refractivity contribution is 6.04. The van der Waals surface area contributed by atoms with E-state index < -0.39 is 16.6 Å². The fourth-order valence-corrected chi connectivity index (χ4v) is 3.58. The van der Waals surface area contributed by atoms with Gasteiger partial charge in [-0.2, -0.15) is 0 Å². The first-order chi connectivity index (χ1) is 15.0. The predicted molar refractivity (Wildman–Crippen MR) is 123 cm³/mol. The van der Waals surface area contributed by atoms with Crippen LogP contribution in [0.15, 0.2) is 18.3 Å². The maximum absolute atomic E-state index is 12.0. The highest BCUT2D eigenvalue weighted by Crippen LogP contribution is 2.14. The number of carbonyl (C=O) groups is 2. The average Bonchev–Trinajstić information content (AvgIpc) is 2.76. The summed E-state index contributed by atoms with van der Waals surface area (Å²) >= 11 is 0. The van der Waals surface area contributed by atoms with Crippen LogP contribution in [-0.2, 0) is 4.79 Å². The van der Waals surface area contributed by atoms with Crippen LogP contribution in [0.3, 0.4) is 0 Å². The van der Waals surface area contributed by atoms with Crippen molar-refractivity contribution >= 4 is 17.6 Å². The molecular weight excluding hydrogens is 394 g/mol. The average molecular weight is 434 g/mol. The molecule has 0 aliphatic heterocycles. The van der Waals surface area contributed by atoms with Crippen LogP contribution in [0.25, 0.3) is 0 Å². The van der Waals surface area contributed by atoms with Crippen LogP contribution >= 0.6 is 0 Å². The van der Waals surface area contributed by atoms with Gasteiger partial charge in [0.15, 0.2) is 0 Å². The molecular formula is C24H39N3O4. The summed E-state index contributed by atoms with van der Waals surface area (Å²) < 4.78 is 0. The smallest absolute Gasteiger partial charge is 0.358 e. The molecule has 0 bridgehead atoms. The highest BCUT2D eigenvalue weighted by atomic mass is 16.6. The van der Waals surface area contributed by atoms with Gasteiger partial charge in [0.25, 0.3) is 5.91 Å². The van der Waals surface area contributed by atoms with Gasteiger partial charge in [0.2, 0.25) is 5.91 Å². The molecule has 0 atom stereocenters. The third-order valence-corrected chi connectivity index (χ3v) is 5.46. The minimum absolute atomic E-state index is 0.0616. The Bertz CT molecular complexity index is 664. The molecule has 0 saturated heterocycles. The minimum Gasteiger partial charge on any atom is -0.358 e. The summed E-state index contributed by atoms with van der Waals surface area (Å²) in [5.41, 5.74) is 0.0616. The molecule has 174 valence electrons. The summed E-state index contributed by atoms with van der Waals surface area (Å²) in [4.78, 5) is 37.5. The zero-order valence-corrected chi connectivity index (χ0v) is 19.1. The van der Waals surface area contributed by atoms with Gasteiger partial charge in [0, 0.05) is 12.5 Å². The van der Waals surface area contributed by atoms with Gasteiger partial charge in [-0.1, -0.05) is 96.8 Å². The number of carbonyl (C=O) groups excluding carboxylic acids is 2. The van der Waals surface area contributed by atoms with E-state index in [0.29, 0.717) is 0 Å². The van der Waals surface area contributed by atoms with E-state index >= 15 is 0 Å². The zero-order valence-electron chi connectivity index (χ0n) is 19.1. The molecule has 1 aromatic heterocycles. The Kier molecular flexibility index (Phi) is 15.0. The second-order valence-corrected chi connectivity index (χ2v) is 8.24. The minimum atomic E-state index is -0.672. The highest BCUT2D eigenvalue weighted by Gasteiger charge is 2.15. The van der Waals surface area contributed by atoms with Gasteiger partial charge in [0.1, 0.15) is 6.20 Å². The summed E-state index contributed by atoms with van der Waals surface area (Å²) in [5.74, 6) is -1.39. The molecule has 0 aliphatic carbocycles. The van der Waals surface area contributed by atoms with Gasteiger partial charge < -0.3 is 10.1 Å².